The average molecular weight is 311 g/mol. The van der Waals surface area contributed by atoms with Gasteiger partial charge in [0.05, 0.1) is 12.2 Å². The molecular weight excluding hydrogens is 294 g/mol. The molecule has 1 amide bonds. The molecule has 0 radical (unpaired) electrons. The smallest absolute Gasteiger partial charge is 0.259 e. The van der Waals surface area contributed by atoms with E-state index in [1.54, 1.807) is 0 Å². The van der Waals surface area contributed by atoms with Gasteiger partial charge in [0.15, 0.2) is 0 Å². The normalized spacial score (nSPS) is 14.9. The minimum Gasteiger partial charge on any atom is -0.303 e. The third-order valence-corrected chi connectivity index (χ3v) is 4.26. The van der Waals surface area contributed by atoms with Gasteiger partial charge in [0.25, 0.3) is 5.91 Å². The maximum Gasteiger partial charge on any atom is 0.259 e. The lowest BCUT2D eigenvalue weighted by molar-refractivity contribution is 0.0843. The average Bonchev–Trinajstić information content (AvgIpc) is 2.90. The number of carbonyl (C=O) groups is 1. The maximum absolute atomic E-state index is 12.9. The first-order chi connectivity index (χ1) is 11.8. The highest BCUT2D eigenvalue weighted by Gasteiger charge is 2.31. The second kappa shape index (κ2) is 6.17. The summed E-state index contributed by atoms with van der Waals surface area (Å²) in [4.78, 5) is 14.8. The second-order valence-corrected chi connectivity index (χ2v) is 5.86. The molecule has 0 saturated carbocycles. The molecule has 1 heterocycles. The van der Waals surface area contributed by atoms with Crippen LogP contribution in [0.5, 0.6) is 0 Å². The van der Waals surface area contributed by atoms with Gasteiger partial charge in [-0.25, -0.2) is 0 Å². The fraction of sp³-hybridized carbons (Fsp3) is 0.0455. The number of fused-ring (bicyclic) bond motifs is 1. The molecule has 0 spiro atoms. The van der Waals surface area contributed by atoms with Gasteiger partial charge in [-0.15, -0.1) is 0 Å². The Hall–Kier alpha value is -3.13. The highest BCUT2D eigenvalue weighted by Crippen LogP contribution is 2.35. The number of hydrogen-bond acceptors (Lipinski definition) is 1. The first-order valence-electron chi connectivity index (χ1n) is 8.05. The molecule has 0 atom stereocenters. The largest absolute Gasteiger partial charge is 0.303 e. The summed E-state index contributed by atoms with van der Waals surface area (Å²) in [6.07, 6.45) is 2.09. The molecule has 116 valence electrons. The maximum atomic E-state index is 12.9. The minimum absolute atomic E-state index is 0.0663. The van der Waals surface area contributed by atoms with Gasteiger partial charge in [0, 0.05) is 11.1 Å². The van der Waals surface area contributed by atoms with Crippen molar-refractivity contribution in [2.45, 2.75) is 6.54 Å². The summed E-state index contributed by atoms with van der Waals surface area (Å²) in [5.74, 6) is 0.0663. The molecule has 0 unspecified atom stereocenters. The quantitative estimate of drug-likeness (QED) is 0.677. The van der Waals surface area contributed by atoms with Crippen molar-refractivity contribution in [1.29, 1.82) is 0 Å². The Bertz CT molecular complexity index is 898. The molecule has 1 aliphatic rings. The van der Waals surface area contributed by atoms with Crippen LogP contribution in [0, 0.1) is 0 Å². The van der Waals surface area contributed by atoms with Crippen LogP contribution in [0.15, 0.2) is 84.9 Å². The summed E-state index contributed by atoms with van der Waals surface area (Å²) < 4.78 is 0. The molecule has 3 aromatic rings. The predicted molar refractivity (Wildman–Crippen MR) is 97.1 cm³/mol. The number of amides is 1. The highest BCUT2D eigenvalue weighted by atomic mass is 16.2. The molecule has 0 saturated heterocycles. The van der Waals surface area contributed by atoms with E-state index < -0.39 is 0 Å². The molecule has 24 heavy (non-hydrogen) atoms. The molecule has 4 rings (SSSR count). The summed E-state index contributed by atoms with van der Waals surface area (Å²) in [6, 6.07) is 28.1. The van der Waals surface area contributed by atoms with E-state index in [1.165, 1.54) is 0 Å². The van der Waals surface area contributed by atoms with Gasteiger partial charge >= 0.3 is 0 Å². The van der Waals surface area contributed by atoms with Gasteiger partial charge in [-0.3, -0.25) is 4.79 Å². The summed E-state index contributed by atoms with van der Waals surface area (Å²) in [7, 11) is 0. The molecule has 0 fully saturated rings. The van der Waals surface area contributed by atoms with Crippen LogP contribution in [-0.2, 0) is 6.54 Å². The number of carbonyl (C=O) groups excluding carboxylic acids is 1. The van der Waals surface area contributed by atoms with Gasteiger partial charge in [0.1, 0.15) is 0 Å². The van der Waals surface area contributed by atoms with Gasteiger partial charge < -0.3 is 4.90 Å². The van der Waals surface area contributed by atoms with Crippen LogP contribution in [0.2, 0.25) is 0 Å². The van der Waals surface area contributed by atoms with Crippen LogP contribution in [0.3, 0.4) is 0 Å². The van der Waals surface area contributed by atoms with E-state index in [9.17, 15) is 4.79 Å². The Morgan fingerprint density at radius 3 is 2.00 bits per heavy atom. The van der Waals surface area contributed by atoms with Crippen molar-refractivity contribution in [3.05, 3.63) is 107 Å². The molecular formula is C22H17NO. The molecule has 0 N–H and O–H groups in total. The number of hydrogen-bond donors (Lipinski definition) is 0. The number of nitrogens with zero attached hydrogens (tertiary/aromatic N) is 1. The third-order valence-electron chi connectivity index (χ3n) is 4.26. The lowest BCUT2D eigenvalue weighted by Gasteiger charge is -2.19. The Morgan fingerprint density at radius 1 is 0.708 bits per heavy atom. The molecule has 0 aromatic heterocycles. The van der Waals surface area contributed by atoms with E-state index in [-0.39, 0.29) is 5.91 Å². The van der Waals surface area contributed by atoms with Crippen molar-refractivity contribution < 1.29 is 4.79 Å². The zero-order chi connectivity index (χ0) is 16.4. The number of rotatable bonds is 3. The van der Waals surface area contributed by atoms with Crippen molar-refractivity contribution >= 4 is 17.7 Å². The standard InChI is InChI=1S/C22H17NO/c24-22-20-14-8-7-13-19(20)21(15-17-9-3-1-4-10-17)23(22)16-18-11-5-2-6-12-18/h1-15H,16H2/b21-15+. The molecule has 0 bridgehead atoms. The molecule has 2 heteroatoms. The Kier molecular flexibility index (Phi) is 3.72. The van der Waals surface area contributed by atoms with Gasteiger partial charge in [0.2, 0.25) is 0 Å². The van der Waals surface area contributed by atoms with Crippen LogP contribution in [0.25, 0.3) is 11.8 Å². The lowest BCUT2D eigenvalue weighted by atomic mass is 10.1. The highest BCUT2D eigenvalue weighted by molar-refractivity contribution is 6.11. The summed E-state index contributed by atoms with van der Waals surface area (Å²) in [6.45, 7) is 0.576. The van der Waals surface area contributed by atoms with Crippen LogP contribution in [-0.4, -0.2) is 10.8 Å². The Labute approximate surface area is 141 Å². The van der Waals surface area contributed by atoms with Crippen molar-refractivity contribution in [2.75, 3.05) is 0 Å². The first-order valence-corrected chi connectivity index (χ1v) is 8.05. The Balaban J connectivity index is 1.79. The van der Waals surface area contributed by atoms with E-state index in [0.29, 0.717) is 6.54 Å². The minimum atomic E-state index is 0.0663. The van der Waals surface area contributed by atoms with Gasteiger partial charge in [-0.2, -0.15) is 0 Å². The van der Waals surface area contributed by atoms with Crippen molar-refractivity contribution in [1.82, 2.24) is 4.90 Å². The van der Waals surface area contributed by atoms with E-state index >= 15 is 0 Å². The number of benzene rings is 3. The zero-order valence-corrected chi connectivity index (χ0v) is 13.2. The van der Waals surface area contributed by atoms with Crippen molar-refractivity contribution in [3.8, 4) is 0 Å². The molecule has 2 nitrogen and oxygen atoms in total. The Morgan fingerprint density at radius 2 is 1.29 bits per heavy atom. The van der Waals surface area contributed by atoms with Crippen molar-refractivity contribution in [2.24, 2.45) is 0 Å². The van der Waals surface area contributed by atoms with E-state index in [1.807, 2.05) is 65.6 Å². The molecule has 0 aliphatic carbocycles. The van der Waals surface area contributed by atoms with Crippen molar-refractivity contribution in [3.63, 3.8) is 0 Å². The SMILES string of the molecule is O=C1c2ccccc2/C(=C\c2ccccc2)N1Cc1ccccc1. The van der Waals surface area contributed by atoms with Crippen LogP contribution >= 0.6 is 0 Å². The summed E-state index contributed by atoms with van der Waals surface area (Å²) in [5, 5.41) is 0. The van der Waals surface area contributed by atoms with Crippen LogP contribution in [0.1, 0.15) is 27.0 Å². The first kappa shape index (κ1) is 14.5. The summed E-state index contributed by atoms with van der Waals surface area (Å²) >= 11 is 0. The fourth-order valence-electron chi connectivity index (χ4n) is 3.08. The lowest BCUT2D eigenvalue weighted by Crippen LogP contribution is -2.22. The molecule has 3 aromatic carbocycles. The predicted octanol–water partition coefficient (Wildman–Crippen LogP) is 4.84. The van der Waals surface area contributed by atoms with E-state index in [4.69, 9.17) is 0 Å². The summed E-state index contributed by atoms with van der Waals surface area (Å²) in [5.41, 5.74) is 4.95. The third kappa shape index (κ3) is 2.63. The van der Waals surface area contributed by atoms with Gasteiger partial charge in [-0.05, 0) is 23.3 Å². The topological polar surface area (TPSA) is 20.3 Å². The van der Waals surface area contributed by atoms with Crippen LogP contribution in [0.4, 0.5) is 0 Å². The second-order valence-electron chi connectivity index (χ2n) is 5.86. The molecule has 1 aliphatic heterocycles. The monoisotopic (exact) mass is 311 g/mol. The zero-order valence-electron chi connectivity index (χ0n) is 13.2. The van der Waals surface area contributed by atoms with Crippen LogP contribution < -0.4 is 0 Å². The fourth-order valence-corrected chi connectivity index (χ4v) is 3.08. The van der Waals surface area contributed by atoms with E-state index in [2.05, 4.69) is 30.3 Å². The van der Waals surface area contributed by atoms with Gasteiger partial charge in [-0.1, -0.05) is 78.9 Å². The van der Waals surface area contributed by atoms with E-state index in [0.717, 1.165) is 28.0 Å².